The summed E-state index contributed by atoms with van der Waals surface area (Å²) in [6.45, 7) is 9.63. The molecule has 0 saturated carbocycles. The van der Waals surface area contributed by atoms with Gasteiger partial charge in [-0.2, -0.15) is 0 Å². The molecule has 1 aromatic carbocycles. The maximum atomic E-state index is 13.6. The summed E-state index contributed by atoms with van der Waals surface area (Å²) in [5.41, 5.74) is 2.01. The Morgan fingerprint density at radius 3 is 2.63 bits per heavy atom. The van der Waals surface area contributed by atoms with E-state index in [2.05, 4.69) is 18.7 Å². The number of Topliss-reactive ketones (excluding diaryl/α,β-unsaturated/α-hetero) is 1. The fourth-order valence-corrected chi connectivity index (χ4v) is 2.76. The molecule has 1 aliphatic rings. The number of aryl methyl sites for hydroxylation is 1. The van der Waals surface area contributed by atoms with Gasteiger partial charge in [-0.05, 0) is 49.8 Å². The van der Waals surface area contributed by atoms with Gasteiger partial charge < -0.3 is 4.90 Å². The standard InChI is InChI=1S/C16H22FNO/c1-10(2)13-5-6-18(9-13)16-7-11(3)15(17)8-14(16)12(4)19/h7-8,10,13H,5-6,9H2,1-4H3. The van der Waals surface area contributed by atoms with Gasteiger partial charge in [-0.1, -0.05) is 13.8 Å². The zero-order valence-electron chi connectivity index (χ0n) is 12.2. The average Bonchev–Trinajstić information content (AvgIpc) is 2.81. The van der Waals surface area contributed by atoms with E-state index in [0.29, 0.717) is 23.0 Å². The van der Waals surface area contributed by atoms with Crippen LogP contribution < -0.4 is 4.90 Å². The third-order valence-corrected chi connectivity index (χ3v) is 4.16. The van der Waals surface area contributed by atoms with Gasteiger partial charge in [-0.3, -0.25) is 4.79 Å². The zero-order valence-corrected chi connectivity index (χ0v) is 12.2. The molecule has 0 aromatic heterocycles. The Hall–Kier alpha value is -1.38. The summed E-state index contributed by atoms with van der Waals surface area (Å²) in [6, 6.07) is 3.20. The molecule has 0 aliphatic carbocycles. The molecule has 1 saturated heterocycles. The van der Waals surface area contributed by atoms with Crippen molar-refractivity contribution in [2.75, 3.05) is 18.0 Å². The summed E-state index contributed by atoms with van der Waals surface area (Å²) in [5.74, 6) is 0.938. The predicted octanol–water partition coefficient (Wildman–Crippen LogP) is 3.82. The van der Waals surface area contributed by atoms with Crippen LogP contribution in [0.15, 0.2) is 12.1 Å². The normalized spacial score (nSPS) is 19.3. The molecule has 0 bridgehead atoms. The third kappa shape index (κ3) is 2.80. The van der Waals surface area contributed by atoms with Crippen molar-refractivity contribution in [3.63, 3.8) is 0 Å². The van der Waals surface area contributed by atoms with Crippen molar-refractivity contribution >= 4 is 11.5 Å². The number of carbonyl (C=O) groups excluding carboxylic acids is 1. The molecule has 0 spiro atoms. The number of carbonyl (C=O) groups is 1. The van der Waals surface area contributed by atoms with Crippen LogP contribution in [0.1, 0.15) is 43.1 Å². The first-order valence-electron chi connectivity index (χ1n) is 6.96. The molecular weight excluding hydrogens is 241 g/mol. The van der Waals surface area contributed by atoms with Gasteiger partial charge in [-0.25, -0.2) is 4.39 Å². The van der Waals surface area contributed by atoms with Crippen molar-refractivity contribution in [3.8, 4) is 0 Å². The smallest absolute Gasteiger partial charge is 0.161 e. The quantitative estimate of drug-likeness (QED) is 0.773. The van der Waals surface area contributed by atoms with E-state index < -0.39 is 0 Å². The molecule has 1 fully saturated rings. The number of benzene rings is 1. The summed E-state index contributed by atoms with van der Waals surface area (Å²) in [5, 5.41) is 0. The molecule has 1 aromatic rings. The fourth-order valence-electron chi connectivity index (χ4n) is 2.76. The molecule has 1 atom stereocenters. The lowest BCUT2D eigenvalue weighted by molar-refractivity contribution is 0.101. The lowest BCUT2D eigenvalue weighted by Crippen LogP contribution is -2.23. The SMILES string of the molecule is CC(=O)c1cc(F)c(C)cc1N1CCC(C(C)C)C1. The Kier molecular flexibility index (Phi) is 3.93. The van der Waals surface area contributed by atoms with Crippen LogP contribution >= 0.6 is 0 Å². The van der Waals surface area contributed by atoms with Gasteiger partial charge in [0.1, 0.15) is 5.82 Å². The van der Waals surface area contributed by atoms with Crippen molar-refractivity contribution in [1.29, 1.82) is 0 Å². The van der Waals surface area contributed by atoms with Crippen LogP contribution in [0.5, 0.6) is 0 Å². The van der Waals surface area contributed by atoms with Gasteiger partial charge in [0.15, 0.2) is 5.78 Å². The predicted molar refractivity (Wildman–Crippen MR) is 76.3 cm³/mol. The third-order valence-electron chi connectivity index (χ3n) is 4.16. The van der Waals surface area contributed by atoms with Gasteiger partial charge in [-0.15, -0.1) is 0 Å². The molecule has 0 radical (unpaired) electrons. The molecular formula is C16H22FNO. The minimum absolute atomic E-state index is 0.0677. The number of rotatable bonds is 3. The molecule has 19 heavy (non-hydrogen) atoms. The summed E-state index contributed by atoms with van der Waals surface area (Å²) in [6.07, 6.45) is 1.14. The molecule has 2 nitrogen and oxygen atoms in total. The lowest BCUT2D eigenvalue weighted by Gasteiger charge is -2.23. The molecule has 2 rings (SSSR count). The Bertz CT molecular complexity index is 496. The van der Waals surface area contributed by atoms with E-state index in [9.17, 15) is 9.18 Å². The van der Waals surface area contributed by atoms with Gasteiger partial charge in [0.2, 0.25) is 0 Å². The van der Waals surface area contributed by atoms with E-state index in [4.69, 9.17) is 0 Å². The van der Waals surface area contributed by atoms with Gasteiger partial charge >= 0.3 is 0 Å². The fraction of sp³-hybridized carbons (Fsp3) is 0.562. The Morgan fingerprint density at radius 2 is 2.11 bits per heavy atom. The second kappa shape index (κ2) is 5.32. The van der Waals surface area contributed by atoms with Crippen LogP contribution in [0.25, 0.3) is 0 Å². The second-order valence-corrected chi connectivity index (χ2v) is 5.91. The van der Waals surface area contributed by atoms with Crippen LogP contribution in [-0.2, 0) is 0 Å². The maximum absolute atomic E-state index is 13.6. The molecule has 0 N–H and O–H groups in total. The zero-order chi connectivity index (χ0) is 14.2. The van der Waals surface area contributed by atoms with Crippen LogP contribution in [0, 0.1) is 24.6 Å². The van der Waals surface area contributed by atoms with E-state index in [1.54, 1.807) is 6.92 Å². The van der Waals surface area contributed by atoms with Crippen LogP contribution in [-0.4, -0.2) is 18.9 Å². The summed E-state index contributed by atoms with van der Waals surface area (Å²) < 4.78 is 13.6. The summed E-state index contributed by atoms with van der Waals surface area (Å²) in [7, 11) is 0. The van der Waals surface area contributed by atoms with Gasteiger partial charge in [0, 0.05) is 24.3 Å². The van der Waals surface area contributed by atoms with Crippen molar-refractivity contribution in [1.82, 2.24) is 0 Å². The number of hydrogen-bond acceptors (Lipinski definition) is 2. The highest BCUT2D eigenvalue weighted by Gasteiger charge is 2.27. The monoisotopic (exact) mass is 263 g/mol. The first-order valence-corrected chi connectivity index (χ1v) is 6.96. The lowest BCUT2D eigenvalue weighted by atomic mass is 9.95. The average molecular weight is 263 g/mol. The molecule has 1 unspecified atom stereocenters. The van der Waals surface area contributed by atoms with E-state index >= 15 is 0 Å². The Morgan fingerprint density at radius 1 is 1.42 bits per heavy atom. The topological polar surface area (TPSA) is 20.3 Å². The van der Waals surface area contributed by atoms with E-state index in [1.807, 2.05) is 6.07 Å². The van der Waals surface area contributed by atoms with Crippen LogP contribution in [0.2, 0.25) is 0 Å². The van der Waals surface area contributed by atoms with Gasteiger partial charge in [0.05, 0.1) is 0 Å². The minimum Gasteiger partial charge on any atom is -0.371 e. The van der Waals surface area contributed by atoms with E-state index in [0.717, 1.165) is 25.2 Å². The summed E-state index contributed by atoms with van der Waals surface area (Å²) in [4.78, 5) is 13.9. The number of ketones is 1. The van der Waals surface area contributed by atoms with Crippen molar-refractivity contribution in [2.45, 2.75) is 34.1 Å². The first kappa shape index (κ1) is 14.0. The minimum atomic E-state index is -0.298. The summed E-state index contributed by atoms with van der Waals surface area (Å²) >= 11 is 0. The van der Waals surface area contributed by atoms with E-state index in [-0.39, 0.29) is 11.6 Å². The molecule has 3 heteroatoms. The number of hydrogen-bond donors (Lipinski definition) is 0. The van der Waals surface area contributed by atoms with Crippen molar-refractivity contribution in [3.05, 3.63) is 29.1 Å². The molecule has 0 amide bonds. The molecule has 104 valence electrons. The molecule has 1 aliphatic heterocycles. The largest absolute Gasteiger partial charge is 0.371 e. The highest BCUT2D eigenvalue weighted by molar-refractivity contribution is 6.00. The van der Waals surface area contributed by atoms with Gasteiger partial charge in [0.25, 0.3) is 0 Å². The van der Waals surface area contributed by atoms with Crippen LogP contribution in [0.4, 0.5) is 10.1 Å². The highest BCUT2D eigenvalue weighted by Crippen LogP contribution is 2.32. The second-order valence-electron chi connectivity index (χ2n) is 5.91. The maximum Gasteiger partial charge on any atom is 0.161 e. The Labute approximate surface area is 114 Å². The first-order chi connectivity index (χ1) is 8.90. The van der Waals surface area contributed by atoms with Crippen molar-refractivity contribution < 1.29 is 9.18 Å². The molecule has 1 heterocycles. The van der Waals surface area contributed by atoms with Crippen LogP contribution in [0.3, 0.4) is 0 Å². The number of halogens is 1. The van der Waals surface area contributed by atoms with E-state index in [1.165, 1.54) is 13.0 Å². The highest BCUT2D eigenvalue weighted by atomic mass is 19.1. The number of anilines is 1. The Balaban J connectivity index is 2.34. The van der Waals surface area contributed by atoms with Crippen molar-refractivity contribution in [2.24, 2.45) is 11.8 Å². The number of nitrogens with zero attached hydrogens (tertiary/aromatic N) is 1.